The number of nitrogens with zero attached hydrogens (tertiary/aromatic N) is 1. The van der Waals surface area contributed by atoms with E-state index in [0.29, 0.717) is 18.0 Å². The molecule has 0 amide bonds. The minimum atomic E-state index is -1.06. The van der Waals surface area contributed by atoms with E-state index in [4.69, 9.17) is 9.52 Å². The fourth-order valence-corrected chi connectivity index (χ4v) is 2.18. The lowest BCUT2D eigenvalue weighted by Gasteiger charge is -2.04. The predicted octanol–water partition coefficient (Wildman–Crippen LogP) is 3.61. The first kappa shape index (κ1) is 13.3. The summed E-state index contributed by atoms with van der Waals surface area (Å²) in [5, 5.41) is 9.16. The third-order valence-corrected chi connectivity index (χ3v) is 3.07. The third kappa shape index (κ3) is 2.52. The average Bonchev–Trinajstić information content (AvgIpc) is 2.73. The van der Waals surface area contributed by atoms with Crippen molar-refractivity contribution in [1.29, 1.82) is 0 Å². The molecule has 0 saturated heterocycles. The minimum absolute atomic E-state index is 0.0421. The van der Waals surface area contributed by atoms with Crippen LogP contribution in [0.1, 0.15) is 40.7 Å². The summed E-state index contributed by atoms with van der Waals surface area (Å²) in [6.45, 7) is 5.91. The lowest BCUT2D eigenvalue weighted by atomic mass is 10.0. The van der Waals surface area contributed by atoms with Crippen molar-refractivity contribution in [3.8, 4) is 11.5 Å². The van der Waals surface area contributed by atoms with Gasteiger partial charge in [0.05, 0.1) is 5.69 Å². The summed E-state index contributed by atoms with van der Waals surface area (Å²) in [6.07, 6.45) is 1.44. The Morgan fingerprint density at radius 1 is 1.32 bits per heavy atom. The topological polar surface area (TPSA) is 63.3 Å². The molecule has 100 valence electrons. The third-order valence-electron chi connectivity index (χ3n) is 3.07. The predicted molar refractivity (Wildman–Crippen MR) is 72.4 cm³/mol. The van der Waals surface area contributed by atoms with Gasteiger partial charge in [-0.1, -0.05) is 31.5 Å². The van der Waals surface area contributed by atoms with Gasteiger partial charge in [0, 0.05) is 5.56 Å². The molecule has 0 aliphatic heterocycles. The normalized spacial score (nSPS) is 10.7. The second kappa shape index (κ2) is 5.26. The number of hydrogen-bond acceptors (Lipinski definition) is 3. The highest BCUT2D eigenvalue weighted by molar-refractivity contribution is 5.86. The van der Waals surface area contributed by atoms with Crippen LogP contribution in [0, 0.1) is 13.8 Å². The van der Waals surface area contributed by atoms with Gasteiger partial charge in [0.2, 0.25) is 11.7 Å². The second-order valence-corrected chi connectivity index (χ2v) is 4.62. The molecular formula is C15H17NO3. The average molecular weight is 259 g/mol. The van der Waals surface area contributed by atoms with Gasteiger partial charge in [-0.25, -0.2) is 9.78 Å². The van der Waals surface area contributed by atoms with E-state index in [9.17, 15) is 4.79 Å². The highest BCUT2D eigenvalue weighted by Gasteiger charge is 2.21. The monoisotopic (exact) mass is 259 g/mol. The number of oxazole rings is 1. The van der Waals surface area contributed by atoms with E-state index in [1.165, 1.54) is 0 Å². The molecular weight excluding hydrogens is 242 g/mol. The van der Waals surface area contributed by atoms with Crippen molar-refractivity contribution in [2.75, 3.05) is 0 Å². The van der Waals surface area contributed by atoms with E-state index < -0.39 is 5.97 Å². The van der Waals surface area contributed by atoms with E-state index >= 15 is 0 Å². The van der Waals surface area contributed by atoms with Crippen LogP contribution in [0.15, 0.2) is 22.6 Å². The zero-order valence-corrected chi connectivity index (χ0v) is 11.4. The first-order chi connectivity index (χ1) is 9.04. The molecule has 1 aromatic carbocycles. The van der Waals surface area contributed by atoms with E-state index in [1.54, 1.807) is 0 Å². The van der Waals surface area contributed by atoms with Crippen molar-refractivity contribution in [3.05, 3.63) is 40.8 Å². The van der Waals surface area contributed by atoms with E-state index in [1.807, 2.05) is 39.0 Å². The fraction of sp³-hybridized carbons (Fsp3) is 0.333. The molecule has 19 heavy (non-hydrogen) atoms. The quantitative estimate of drug-likeness (QED) is 0.911. The Morgan fingerprint density at radius 2 is 1.95 bits per heavy atom. The fourth-order valence-electron chi connectivity index (χ4n) is 2.18. The smallest absolute Gasteiger partial charge is 0.373 e. The van der Waals surface area contributed by atoms with Crippen molar-refractivity contribution in [2.24, 2.45) is 0 Å². The molecule has 0 atom stereocenters. The number of carboxylic acid groups (broad SMARTS) is 1. The summed E-state index contributed by atoms with van der Waals surface area (Å²) in [6, 6.07) is 5.89. The summed E-state index contributed by atoms with van der Waals surface area (Å²) in [7, 11) is 0. The van der Waals surface area contributed by atoms with Crippen molar-refractivity contribution >= 4 is 5.97 Å². The molecule has 1 aromatic heterocycles. The van der Waals surface area contributed by atoms with Crippen LogP contribution in [0.3, 0.4) is 0 Å². The van der Waals surface area contributed by atoms with Crippen molar-refractivity contribution < 1.29 is 14.3 Å². The number of hydrogen-bond donors (Lipinski definition) is 1. The molecule has 2 aromatic rings. The Hall–Kier alpha value is -2.10. The summed E-state index contributed by atoms with van der Waals surface area (Å²) in [4.78, 5) is 15.5. The summed E-state index contributed by atoms with van der Waals surface area (Å²) >= 11 is 0. The Morgan fingerprint density at radius 3 is 2.47 bits per heavy atom. The summed E-state index contributed by atoms with van der Waals surface area (Å²) in [5.74, 6) is -0.704. The number of carboxylic acids is 1. The Bertz CT molecular complexity index is 594. The number of aromatic carboxylic acids is 1. The first-order valence-electron chi connectivity index (χ1n) is 6.34. The van der Waals surface area contributed by atoms with Gasteiger partial charge in [-0.05, 0) is 31.4 Å². The molecule has 0 bridgehead atoms. The van der Waals surface area contributed by atoms with Crippen LogP contribution in [0.2, 0.25) is 0 Å². The zero-order chi connectivity index (χ0) is 14.0. The maximum atomic E-state index is 11.2. The molecule has 1 N–H and O–H groups in total. The van der Waals surface area contributed by atoms with Crippen LogP contribution in [0.4, 0.5) is 0 Å². The van der Waals surface area contributed by atoms with Crippen molar-refractivity contribution in [1.82, 2.24) is 4.98 Å². The van der Waals surface area contributed by atoms with Gasteiger partial charge in [0.1, 0.15) is 0 Å². The highest BCUT2D eigenvalue weighted by Crippen LogP contribution is 2.28. The SMILES string of the molecule is CCCc1nc(-c2c(C)cccc2C)oc1C(=O)O. The largest absolute Gasteiger partial charge is 0.475 e. The lowest BCUT2D eigenvalue weighted by Crippen LogP contribution is -1.99. The molecule has 1 heterocycles. The molecule has 0 unspecified atom stereocenters. The molecule has 4 heteroatoms. The Balaban J connectivity index is 2.57. The van der Waals surface area contributed by atoms with Crippen molar-refractivity contribution in [2.45, 2.75) is 33.6 Å². The Labute approximate surface area is 112 Å². The molecule has 0 fully saturated rings. The van der Waals surface area contributed by atoms with Crippen LogP contribution in [0.25, 0.3) is 11.5 Å². The maximum absolute atomic E-state index is 11.2. The number of benzene rings is 1. The maximum Gasteiger partial charge on any atom is 0.373 e. The summed E-state index contributed by atoms with van der Waals surface area (Å²) < 4.78 is 5.47. The van der Waals surface area contributed by atoms with Crippen LogP contribution >= 0.6 is 0 Å². The lowest BCUT2D eigenvalue weighted by molar-refractivity contribution is 0.0661. The first-order valence-corrected chi connectivity index (χ1v) is 6.34. The van der Waals surface area contributed by atoms with Gasteiger partial charge in [-0.3, -0.25) is 0 Å². The van der Waals surface area contributed by atoms with Crippen LogP contribution < -0.4 is 0 Å². The molecule has 4 nitrogen and oxygen atoms in total. The molecule has 0 aliphatic carbocycles. The van der Waals surface area contributed by atoms with E-state index in [-0.39, 0.29) is 5.76 Å². The molecule has 0 aliphatic rings. The van der Waals surface area contributed by atoms with Crippen LogP contribution in [0.5, 0.6) is 0 Å². The van der Waals surface area contributed by atoms with E-state index in [2.05, 4.69) is 4.98 Å². The number of aromatic nitrogens is 1. The minimum Gasteiger partial charge on any atom is -0.475 e. The van der Waals surface area contributed by atoms with Crippen LogP contribution in [-0.4, -0.2) is 16.1 Å². The molecule has 2 rings (SSSR count). The van der Waals surface area contributed by atoms with Gasteiger partial charge in [-0.2, -0.15) is 0 Å². The zero-order valence-electron chi connectivity index (χ0n) is 11.4. The number of carbonyl (C=O) groups is 1. The van der Waals surface area contributed by atoms with Crippen molar-refractivity contribution in [3.63, 3.8) is 0 Å². The molecule has 0 spiro atoms. The van der Waals surface area contributed by atoms with Gasteiger partial charge in [0.15, 0.2) is 0 Å². The van der Waals surface area contributed by atoms with Gasteiger partial charge < -0.3 is 9.52 Å². The van der Waals surface area contributed by atoms with E-state index in [0.717, 1.165) is 23.1 Å². The summed E-state index contributed by atoms with van der Waals surface area (Å²) in [5.41, 5.74) is 3.46. The number of rotatable bonds is 4. The van der Waals surface area contributed by atoms with Gasteiger partial charge in [0.25, 0.3) is 0 Å². The highest BCUT2D eigenvalue weighted by atomic mass is 16.4. The van der Waals surface area contributed by atoms with Gasteiger partial charge in [-0.15, -0.1) is 0 Å². The standard InChI is InChI=1S/C15H17NO3/c1-4-6-11-13(15(17)18)19-14(16-11)12-9(2)7-5-8-10(12)3/h5,7-8H,4,6H2,1-3H3,(H,17,18). The Kier molecular flexibility index (Phi) is 3.69. The molecule has 0 saturated carbocycles. The molecule has 0 radical (unpaired) electrons. The number of aryl methyl sites for hydroxylation is 3. The van der Waals surface area contributed by atoms with Crippen LogP contribution in [-0.2, 0) is 6.42 Å². The van der Waals surface area contributed by atoms with Gasteiger partial charge >= 0.3 is 5.97 Å². The second-order valence-electron chi connectivity index (χ2n) is 4.62.